The lowest BCUT2D eigenvalue weighted by Gasteiger charge is -2.13. The van der Waals surface area contributed by atoms with Gasteiger partial charge in [-0.3, -0.25) is 4.98 Å². The van der Waals surface area contributed by atoms with Gasteiger partial charge >= 0.3 is 0 Å². The summed E-state index contributed by atoms with van der Waals surface area (Å²) in [5, 5.41) is 10.5. The summed E-state index contributed by atoms with van der Waals surface area (Å²) in [4.78, 5) is 8.95. The Morgan fingerprint density at radius 3 is 2.76 bits per heavy atom. The van der Waals surface area contributed by atoms with Crippen LogP contribution in [0.4, 0.5) is 0 Å². The molecule has 21 heavy (non-hydrogen) atoms. The van der Waals surface area contributed by atoms with Gasteiger partial charge in [-0.2, -0.15) is 0 Å². The van der Waals surface area contributed by atoms with Gasteiger partial charge in [-0.1, -0.05) is 25.1 Å². The van der Waals surface area contributed by atoms with Crippen LogP contribution in [0.1, 0.15) is 30.1 Å². The molecule has 0 saturated heterocycles. The second kappa shape index (κ2) is 5.66. The van der Waals surface area contributed by atoms with E-state index in [2.05, 4.69) is 16.9 Å². The third kappa shape index (κ3) is 2.54. The highest BCUT2D eigenvalue weighted by atomic mass is 16.3. The molecule has 0 saturated carbocycles. The molecule has 0 aliphatic heterocycles. The van der Waals surface area contributed by atoms with Gasteiger partial charge in [0.15, 0.2) is 0 Å². The number of hydrogen-bond acceptors (Lipinski definition) is 3. The van der Waals surface area contributed by atoms with E-state index in [1.54, 1.807) is 6.20 Å². The predicted molar refractivity (Wildman–Crippen MR) is 83.0 cm³/mol. The Morgan fingerprint density at radius 2 is 2.00 bits per heavy atom. The highest BCUT2D eigenvalue weighted by Crippen LogP contribution is 2.22. The fraction of sp³-hybridized carbons (Fsp3) is 0.294. The number of aromatic nitrogens is 3. The zero-order chi connectivity index (χ0) is 14.8. The van der Waals surface area contributed by atoms with Crippen molar-refractivity contribution in [2.45, 2.75) is 25.9 Å². The Morgan fingerprint density at radius 1 is 1.19 bits per heavy atom. The third-order valence-corrected chi connectivity index (χ3v) is 3.88. The van der Waals surface area contributed by atoms with Crippen molar-refractivity contribution in [2.24, 2.45) is 7.05 Å². The van der Waals surface area contributed by atoms with Gasteiger partial charge in [0.1, 0.15) is 11.9 Å². The molecule has 1 aromatic carbocycles. The molecule has 1 atom stereocenters. The average Bonchev–Trinajstić information content (AvgIpc) is 2.84. The number of nitrogens with zero attached hydrogens (tertiary/aromatic N) is 3. The van der Waals surface area contributed by atoms with Crippen LogP contribution in [0, 0.1) is 0 Å². The number of fused-ring (bicyclic) bond motifs is 1. The molecule has 0 aliphatic rings. The van der Waals surface area contributed by atoms with Crippen molar-refractivity contribution in [3.05, 3.63) is 59.7 Å². The second-order valence-electron chi connectivity index (χ2n) is 5.20. The number of pyridine rings is 1. The van der Waals surface area contributed by atoms with Crippen LogP contribution in [0.15, 0.2) is 42.6 Å². The monoisotopic (exact) mass is 281 g/mol. The first-order valence-corrected chi connectivity index (χ1v) is 7.23. The van der Waals surface area contributed by atoms with Crippen molar-refractivity contribution in [3.63, 3.8) is 0 Å². The molecule has 0 fully saturated rings. The van der Waals surface area contributed by atoms with E-state index in [-0.39, 0.29) is 0 Å². The van der Waals surface area contributed by atoms with E-state index in [1.165, 1.54) is 0 Å². The fourth-order valence-corrected chi connectivity index (χ4v) is 2.70. The van der Waals surface area contributed by atoms with Crippen molar-refractivity contribution in [1.29, 1.82) is 0 Å². The smallest absolute Gasteiger partial charge is 0.112 e. The van der Waals surface area contributed by atoms with Gasteiger partial charge in [0.05, 0.1) is 16.7 Å². The van der Waals surface area contributed by atoms with E-state index in [1.807, 2.05) is 48.0 Å². The van der Waals surface area contributed by atoms with Crippen LogP contribution in [0.2, 0.25) is 0 Å². The molecule has 2 aromatic heterocycles. The third-order valence-electron chi connectivity index (χ3n) is 3.88. The molecular weight excluding hydrogens is 262 g/mol. The van der Waals surface area contributed by atoms with Crippen LogP contribution >= 0.6 is 0 Å². The summed E-state index contributed by atoms with van der Waals surface area (Å²) < 4.78 is 2.03. The van der Waals surface area contributed by atoms with Crippen molar-refractivity contribution < 1.29 is 5.11 Å². The van der Waals surface area contributed by atoms with E-state index in [0.717, 1.165) is 34.5 Å². The molecular formula is C17H19N3O. The van der Waals surface area contributed by atoms with E-state index < -0.39 is 6.10 Å². The molecule has 0 bridgehead atoms. The lowest BCUT2D eigenvalue weighted by Crippen LogP contribution is -2.10. The molecule has 108 valence electrons. The molecule has 2 heterocycles. The zero-order valence-corrected chi connectivity index (χ0v) is 12.3. The van der Waals surface area contributed by atoms with Crippen molar-refractivity contribution in [3.8, 4) is 0 Å². The fourth-order valence-electron chi connectivity index (χ4n) is 2.70. The SMILES string of the molecule is CCc1cccnc1C(O)Cc1nc2ccccc2n1C. The molecule has 0 radical (unpaired) electrons. The molecule has 0 spiro atoms. The highest BCUT2D eigenvalue weighted by molar-refractivity contribution is 5.75. The summed E-state index contributed by atoms with van der Waals surface area (Å²) in [7, 11) is 1.98. The van der Waals surface area contributed by atoms with E-state index in [0.29, 0.717) is 6.42 Å². The van der Waals surface area contributed by atoms with Gasteiger partial charge in [-0.15, -0.1) is 0 Å². The zero-order valence-electron chi connectivity index (χ0n) is 12.3. The Kier molecular flexibility index (Phi) is 3.71. The minimum absolute atomic E-state index is 0.467. The van der Waals surface area contributed by atoms with Gasteiger partial charge in [0.25, 0.3) is 0 Å². The maximum atomic E-state index is 10.5. The molecule has 4 heteroatoms. The summed E-state index contributed by atoms with van der Waals surface area (Å²) >= 11 is 0. The van der Waals surface area contributed by atoms with Gasteiger partial charge in [0.2, 0.25) is 0 Å². The number of imidazole rings is 1. The van der Waals surface area contributed by atoms with Crippen molar-refractivity contribution >= 4 is 11.0 Å². The number of aliphatic hydroxyl groups excluding tert-OH is 1. The summed E-state index contributed by atoms with van der Waals surface area (Å²) in [6, 6.07) is 11.9. The first kappa shape index (κ1) is 13.8. The topological polar surface area (TPSA) is 50.9 Å². The highest BCUT2D eigenvalue weighted by Gasteiger charge is 2.17. The van der Waals surface area contributed by atoms with E-state index >= 15 is 0 Å². The number of aliphatic hydroxyl groups is 1. The minimum Gasteiger partial charge on any atom is -0.386 e. The first-order chi connectivity index (χ1) is 10.2. The number of rotatable bonds is 4. The number of para-hydroxylation sites is 2. The number of benzene rings is 1. The Labute approximate surface area is 124 Å². The quantitative estimate of drug-likeness (QED) is 0.800. The standard InChI is InChI=1S/C17H19N3O/c1-3-12-7-6-10-18-17(12)15(21)11-16-19-13-8-4-5-9-14(13)20(16)2/h4-10,15,21H,3,11H2,1-2H3. The molecule has 1 N–H and O–H groups in total. The van der Waals surface area contributed by atoms with Gasteiger partial charge in [-0.25, -0.2) is 4.98 Å². The predicted octanol–water partition coefficient (Wildman–Crippen LogP) is 2.81. The van der Waals surface area contributed by atoms with Crippen molar-refractivity contribution in [1.82, 2.24) is 14.5 Å². The lowest BCUT2D eigenvalue weighted by molar-refractivity contribution is 0.169. The second-order valence-corrected chi connectivity index (χ2v) is 5.20. The van der Waals surface area contributed by atoms with Gasteiger partial charge in [-0.05, 0) is 30.2 Å². The van der Waals surface area contributed by atoms with Crippen LogP contribution in [-0.4, -0.2) is 19.6 Å². The molecule has 3 aromatic rings. The van der Waals surface area contributed by atoms with Crippen LogP contribution in [0.5, 0.6) is 0 Å². The molecule has 0 amide bonds. The Balaban J connectivity index is 1.93. The van der Waals surface area contributed by atoms with E-state index in [9.17, 15) is 5.11 Å². The van der Waals surface area contributed by atoms with Crippen LogP contribution in [0.3, 0.4) is 0 Å². The lowest BCUT2D eigenvalue weighted by atomic mass is 10.0. The van der Waals surface area contributed by atoms with Crippen LogP contribution in [0.25, 0.3) is 11.0 Å². The minimum atomic E-state index is -0.628. The van der Waals surface area contributed by atoms with Crippen LogP contribution in [-0.2, 0) is 19.9 Å². The summed E-state index contributed by atoms with van der Waals surface area (Å²) in [5.74, 6) is 0.872. The first-order valence-electron chi connectivity index (χ1n) is 7.23. The molecule has 1 unspecified atom stereocenters. The Bertz CT molecular complexity index is 764. The maximum Gasteiger partial charge on any atom is 0.112 e. The van der Waals surface area contributed by atoms with Gasteiger partial charge in [0, 0.05) is 19.7 Å². The van der Waals surface area contributed by atoms with Crippen molar-refractivity contribution in [2.75, 3.05) is 0 Å². The summed E-state index contributed by atoms with van der Waals surface area (Å²) in [6.07, 6.45) is 2.43. The summed E-state index contributed by atoms with van der Waals surface area (Å²) in [5.41, 5.74) is 3.88. The van der Waals surface area contributed by atoms with Crippen LogP contribution < -0.4 is 0 Å². The van der Waals surface area contributed by atoms with Gasteiger partial charge < -0.3 is 9.67 Å². The number of aryl methyl sites for hydroxylation is 2. The molecule has 0 aliphatic carbocycles. The van der Waals surface area contributed by atoms with E-state index in [4.69, 9.17) is 0 Å². The Hall–Kier alpha value is -2.20. The summed E-state index contributed by atoms with van der Waals surface area (Å²) in [6.45, 7) is 2.07. The molecule has 4 nitrogen and oxygen atoms in total. The normalized spacial score (nSPS) is 12.7. The largest absolute Gasteiger partial charge is 0.386 e. The molecule has 3 rings (SSSR count). The number of hydrogen-bond donors (Lipinski definition) is 1. The average molecular weight is 281 g/mol. The maximum absolute atomic E-state index is 10.5.